The van der Waals surface area contributed by atoms with Gasteiger partial charge in [-0.15, -0.1) is 11.3 Å². The van der Waals surface area contributed by atoms with E-state index in [0.717, 1.165) is 21.6 Å². The number of hydrogen-bond donors (Lipinski definition) is 1. The van der Waals surface area contributed by atoms with Crippen molar-refractivity contribution in [2.75, 3.05) is 11.9 Å². The summed E-state index contributed by atoms with van der Waals surface area (Å²) in [5, 5.41) is 9.53. The number of benzene rings is 2. The Labute approximate surface area is 187 Å². The molecule has 0 saturated carbocycles. The van der Waals surface area contributed by atoms with Crippen molar-refractivity contribution in [3.8, 4) is 5.69 Å². The van der Waals surface area contributed by atoms with E-state index in [1.807, 2.05) is 36.4 Å². The number of esters is 1. The maximum atomic E-state index is 13.3. The molecule has 8 heteroatoms. The van der Waals surface area contributed by atoms with Gasteiger partial charge in [0.05, 0.1) is 17.7 Å². The van der Waals surface area contributed by atoms with Crippen LogP contribution in [0.4, 0.5) is 5.00 Å². The highest BCUT2D eigenvalue weighted by molar-refractivity contribution is 7.16. The van der Waals surface area contributed by atoms with Crippen molar-refractivity contribution < 1.29 is 14.3 Å². The van der Waals surface area contributed by atoms with E-state index < -0.39 is 17.4 Å². The molecule has 7 nitrogen and oxygen atoms in total. The van der Waals surface area contributed by atoms with Crippen LogP contribution in [0.25, 0.3) is 22.5 Å². The molecule has 1 N–H and O–H groups in total. The fraction of sp³-hybridized carbons (Fsp3) is 0.0833. The van der Waals surface area contributed by atoms with Gasteiger partial charge >= 0.3 is 5.97 Å². The minimum absolute atomic E-state index is 0.0156. The Balaban J connectivity index is 1.78. The van der Waals surface area contributed by atoms with E-state index in [-0.39, 0.29) is 17.7 Å². The zero-order chi connectivity index (χ0) is 22.5. The van der Waals surface area contributed by atoms with Gasteiger partial charge in [0, 0.05) is 16.8 Å². The molecule has 0 bridgehead atoms. The van der Waals surface area contributed by atoms with Crippen LogP contribution >= 0.6 is 11.3 Å². The van der Waals surface area contributed by atoms with Crippen LogP contribution in [0.5, 0.6) is 0 Å². The Morgan fingerprint density at radius 3 is 2.47 bits per heavy atom. The molecule has 160 valence electrons. The molecule has 0 aliphatic rings. The predicted octanol–water partition coefficient (Wildman–Crippen LogP) is 4.28. The van der Waals surface area contributed by atoms with E-state index >= 15 is 0 Å². The summed E-state index contributed by atoms with van der Waals surface area (Å²) in [5.74, 6) is -1.03. The van der Waals surface area contributed by atoms with Gasteiger partial charge in [-0.25, -0.2) is 4.79 Å². The van der Waals surface area contributed by atoms with E-state index in [1.165, 1.54) is 6.08 Å². The molecule has 2 aromatic heterocycles. The van der Waals surface area contributed by atoms with Crippen molar-refractivity contribution in [1.29, 1.82) is 0 Å². The Bertz CT molecular complexity index is 1360. The monoisotopic (exact) mass is 445 g/mol. The molecule has 4 aromatic rings. The van der Waals surface area contributed by atoms with Crippen LogP contribution in [0.15, 0.2) is 76.9 Å². The molecule has 32 heavy (non-hydrogen) atoms. The third-order valence-electron chi connectivity index (χ3n) is 4.59. The van der Waals surface area contributed by atoms with Crippen molar-refractivity contribution in [3.05, 3.63) is 93.7 Å². The van der Waals surface area contributed by atoms with Crippen molar-refractivity contribution in [1.82, 2.24) is 9.78 Å². The standard InChI is InChI=1S/C24H19N3O4S/c1-2-31-24(30)21-18-15-32-22(25-19(28)14-13-16-9-5-3-6-10-16)20(18)23(29)27(26-21)17-11-7-4-8-12-17/h3-15H,2H2,1H3,(H,25,28)/b14-13+. The average molecular weight is 446 g/mol. The van der Waals surface area contributed by atoms with Gasteiger partial charge in [-0.1, -0.05) is 48.5 Å². The summed E-state index contributed by atoms with van der Waals surface area (Å²) in [6, 6.07) is 18.2. The summed E-state index contributed by atoms with van der Waals surface area (Å²) in [7, 11) is 0. The number of amides is 1. The lowest BCUT2D eigenvalue weighted by atomic mass is 10.2. The predicted molar refractivity (Wildman–Crippen MR) is 125 cm³/mol. The molecule has 0 unspecified atom stereocenters. The second kappa shape index (κ2) is 9.40. The van der Waals surface area contributed by atoms with Crippen LogP contribution in [-0.4, -0.2) is 28.3 Å². The quantitative estimate of drug-likeness (QED) is 0.353. The molecule has 0 fully saturated rings. The smallest absolute Gasteiger partial charge is 0.359 e. The van der Waals surface area contributed by atoms with Crippen LogP contribution < -0.4 is 10.9 Å². The van der Waals surface area contributed by atoms with Crippen LogP contribution in [-0.2, 0) is 9.53 Å². The van der Waals surface area contributed by atoms with Gasteiger partial charge in [0.15, 0.2) is 5.69 Å². The van der Waals surface area contributed by atoms with E-state index in [0.29, 0.717) is 16.1 Å². The molecule has 0 spiro atoms. The number of thiophene rings is 1. The molecular weight excluding hydrogens is 426 g/mol. The second-order valence-electron chi connectivity index (χ2n) is 6.71. The largest absolute Gasteiger partial charge is 0.461 e. The van der Waals surface area contributed by atoms with Gasteiger partial charge in [0.2, 0.25) is 5.91 Å². The van der Waals surface area contributed by atoms with Gasteiger partial charge in [-0.3, -0.25) is 9.59 Å². The van der Waals surface area contributed by atoms with Gasteiger partial charge in [-0.05, 0) is 30.7 Å². The van der Waals surface area contributed by atoms with E-state index in [2.05, 4.69) is 10.4 Å². The minimum Gasteiger partial charge on any atom is -0.461 e. The molecule has 0 radical (unpaired) electrons. The highest BCUT2D eigenvalue weighted by atomic mass is 32.1. The third kappa shape index (κ3) is 4.35. The molecule has 2 heterocycles. The summed E-state index contributed by atoms with van der Waals surface area (Å²) < 4.78 is 6.28. The molecule has 4 rings (SSSR count). The fourth-order valence-corrected chi connectivity index (χ4v) is 4.07. The maximum absolute atomic E-state index is 13.3. The van der Waals surface area contributed by atoms with E-state index in [9.17, 15) is 14.4 Å². The van der Waals surface area contributed by atoms with Gasteiger partial charge in [0.25, 0.3) is 5.56 Å². The first kappa shape index (κ1) is 21.2. The summed E-state index contributed by atoms with van der Waals surface area (Å²) in [6.45, 7) is 1.87. The lowest BCUT2D eigenvalue weighted by Gasteiger charge is -2.09. The normalized spacial score (nSPS) is 11.0. The summed E-state index contributed by atoms with van der Waals surface area (Å²) >= 11 is 1.15. The Kier molecular flexibility index (Phi) is 6.23. The lowest BCUT2D eigenvalue weighted by Crippen LogP contribution is -2.25. The number of para-hydroxylation sites is 1. The summed E-state index contributed by atoms with van der Waals surface area (Å²) in [5.41, 5.74) is 0.945. The minimum atomic E-state index is -0.637. The number of nitrogens with one attached hydrogen (secondary N) is 1. The zero-order valence-corrected chi connectivity index (χ0v) is 18.0. The van der Waals surface area contributed by atoms with Crippen molar-refractivity contribution in [2.45, 2.75) is 6.92 Å². The van der Waals surface area contributed by atoms with Crippen molar-refractivity contribution >= 4 is 45.1 Å². The van der Waals surface area contributed by atoms with Gasteiger partial charge < -0.3 is 10.1 Å². The van der Waals surface area contributed by atoms with Crippen molar-refractivity contribution in [3.63, 3.8) is 0 Å². The molecule has 1 amide bonds. The number of carbonyl (C=O) groups excluding carboxylic acids is 2. The zero-order valence-electron chi connectivity index (χ0n) is 17.1. The number of rotatable bonds is 6. The Morgan fingerprint density at radius 1 is 1.09 bits per heavy atom. The highest BCUT2D eigenvalue weighted by Crippen LogP contribution is 2.30. The second-order valence-corrected chi connectivity index (χ2v) is 7.59. The maximum Gasteiger partial charge on any atom is 0.359 e. The number of anilines is 1. The third-order valence-corrected chi connectivity index (χ3v) is 5.48. The number of hydrogen-bond acceptors (Lipinski definition) is 6. The first-order valence-corrected chi connectivity index (χ1v) is 10.8. The van der Waals surface area contributed by atoms with Crippen LogP contribution in [0.1, 0.15) is 23.0 Å². The van der Waals surface area contributed by atoms with Gasteiger partial charge in [-0.2, -0.15) is 9.78 Å². The Morgan fingerprint density at radius 2 is 1.78 bits per heavy atom. The first-order chi connectivity index (χ1) is 15.6. The van der Waals surface area contributed by atoms with Crippen LogP contribution in [0.2, 0.25) is 0 Å². The molecule has 2 aromatic carbocycles. The number of carbonyl (C=O) groups is 2. The SMILES string of the molecule is CCOC(=O)c1nn(-c2ccccc2)c(=O)c2c(NC(=O)/C=C/c3ccccc3)scc12. The van der Waals surface area contributed by atoms with E-state index in [1.54, 1.807) is 42.6 Å². The summed E-state index contributed by atoms with van der Waals surface area (Å²) in [4.78, 5) is 38.3. The summed E-state index contributed by atoms with van der Waals surface area (Å²) in [6.07, 6.45) is 3.07. The number of aromatic nitrogens is 2. The molecule has 0 aliphatic carbocycles. The number of ether oxygens (including phenoxy) is 1. The number of fused-ring (bicyclic) bond motifs is 1. The van der Waals surface area contributed by atoms with Crippen LogP contribution in [0.3, 0.4) is 0 Å². The number of nitrogens with zero attached hydrogens (tertiary/aromatic N) is 2. The first-order valence-electron chi connectivity index (χ1n) is 9.89. The lowest BCUT2D eigenvalue weighted by molar-refractivity contribution is -0.111. The molecule has 0 saturated heterocycles. The molecular formula is C24H19N3O4S. The molecule has 0 atom stereocenters. The van der Waals surface area contributed by atoms with E-state index in [4.69, 9.17) is 4.74 Å². The molecule has 0 aliphatic heterocycles. The Hall–Kier alpha value is -4.04. The van der Waals surface area contributed by atoms with Crippen molar-refractivity contribution in [2.24, 2.45) is 0 Å². The fourth-order valence-electron chi connectivity index (χ4n) is 3.13. The van der Waals surface area contributed by atoms with Crippen LogP contribution in [0, 0.1) is 0 Å². The highest BCUT2D eigenvalue weighted by Gasteiger charge is 2.22. The topological polar surface area (TPSA) is 90.3 Å². The average Bonchev–Trinajstić information content (AvgIpc) is 3.23. The van der Waals surface area contributed by atoms with Gasteiger partial charge in [0.1, 0.15) is 5.00 Å².